The van der Waals surface area contributed by atoms with Crippen molar-refractivity contribution in [3.8, 4) is 0 Å². The lowest BCUT2D eigenvalue weighted by Gasteiger charge is -2.64. The highest BCUT2D eigenvalue weighted by Crippen LogP contribution is 2.52. The molecule has 0 aromatic heterocycles. The van der Waals surface area contributed by atoms with E-state index in [2.05, 4.69) is 34.1 Å². The van der Waals surface area contributed by atoms with Crippen molar-refractivity contribution in [2.45, 2.75) is 94.8 Å². The zero-order valence-corrected chi connectivity index (χ0v) is 15.8. The van der Waals surface area contributed by atoms with Crippen LogP contribution in [0.3, 0.4) is 0 Å². The van der Waals surface area contributed by atoms with E-state index in [0.717, 1.165) is 12.1 Å². The molecule has 0 bridgehead atoms. The van der Waals surface area contributed by atoms with Crippen molar-refractivity contribution < 1.29 is 0 Å². The molecule has 0 unspecified atom stereocenters. The van der Waals surface area contributed by atoms with Gasteiger partial charge in [0, 0.05) is 31.6 Å². The first-order valence-corrected chi connectivity index (χ1v) is 11.0. The van der Waals surface area contributed by atoms with E-state index in [9.17, 15) is 0 Å². The Morgan fingerprint density at radius 3 is 1.80 bits per heavy atom. The molecule has 1 aliphatic heterocycles. The Kier molecular flexibility index (Phi) is 4.38. The molecule has 2 heteroatoms. The standard InChI is InChI=1S/C23H34N2/c1-3-11-20(12-4-1)24-16-9-17-25(21-13-5-2-6-14-21)23(24)18-19-10-7-8-15-22(19)23/h7-8,10,15,20-21H,1-6,9,11-14,16-18H2. The van der Waals surface area contributed by atoms with Crippen LogP contribution in [-0.4, -0.2) is 35.0 Å². The highest BCUT2D eigenvalue weighted by molar-refractivity contribution is 5.45. The number of fused-ring (bicyclic) bond motifs is 2. The van der Waals surface area contributed by atoms with Crippen molar-refractivity contribution in [1.29, 1.82) is 0 Å². The number of nitrogens with zero attached hydrogens (tertiary/aromatic N) is 2. The van der Waals surface area contributed by atoms with Gasteiger partial charge < -0.3 is 0 Å². The van der Waals surface area contributed by atoms with Gasteiger partial charge in [0.15, 0.2) is 0 Å². The molecule has 1 heterocycles. The van der Waals surface area contributed by atoms with Crippen LogP contribution in [0.15, 0.2) is 24.3 Å². The zero-order chi connectivity index (χ0) is 16.7. The van der Waals surface area contributed by atoms with Crippen molar-refractivity contribution >= 4 is 0 Å². The predicted octanol–water partition coefficient (Wildman–Crippen LogP) is 5.07. The molecule has 2 saturated carbocycles. The van der Waals surface area contributed by atoms with Gasteiger partial charge in [-0.2, -0.15) is 0 Å². The van der Waals surface area contributed by atoms with E-state index in [1.165, 1.54) is 90.1 Å². The Labute approximate surface area is 153 Å². The van der Waals surface area contributed by atoms with Gasteiger partial charge in [0.25, 0.3) is 0 Å². The lowest BCUT2D eigenvalue weighted by atomic mass is 9.70. The van der Waals surface area contributed by atoms with Crippen molar-refractivity contribution in [2.24, 2.45) is 0 Å². The quantitative estimate of drug-likeness (QED) is 0.743. The number of benzene rings is 1. The summed E-state index contributed by atoms with van der Waals surface area (Å²) in [6.45, 7) is 2.64. The summed E-state index contributed by atoms with van der Waals surface area (Å²) in [7, 11) is 0. The third-order valence-electron chi connectivity index (χ3n) is 7.66. The molecular formula is C23H34N2. The number of rotatable bonds is 2. The topological polar surface area (TPSA) is 6.48 Å². The summed E-state index contributed by atoms with van der Waals surface area (Å²) in [5.74, 6) is 0. The Balaban J connectivity index is 1.52. The van der Waals surface area contributed by atoms with Gasteiger partial charge in [-0.15, -0.1) is 0 Å². The molecule has 0 amide bonds. The van der Waals surface area contributed by atoms with E-state index in [4.69, 9.17) is 0 Å². The van der Waals surface area contributed by atoms with Crippen LogP contribution in [0.4, 0.5) is 0 Å². The average molecular weight is 339 g/mol. The van der Waals surface area contributed by atoms with E-state index >= 15 is 0 Å². The van der Waals surface area contributed by atoms with Gasteiger partial charge in [-0.1, -0.05) is 62.8 Å². The SMILES string of the molecule is c1ccc2c(c1)CC21N(C2CCCCC2)CCCN1C1CCCCC1. The van der Waals surface area contributed by atoms with Gasteiger partial charge in [0.05, 0.1) is 0 Å². The van der Waals surface area contributed by atoms with Gasteiger partial charge in [0.2, 0.25) is 0 Å². The minimum atomic E-state index is 0.249. The fourth-order valence-electron chi connectivity index (χ4n) is 6.53. The van der Waals surface area contributed by atoms with Crippen molar-refractivity contribution in [3.63, 3.8) is 0 Å². The van der Waals surface area contributed by atoms with Crippen LogP contribution in [0.1, 0.15) is 81.8 Å². The first-order valence-electron chi connectivity index (χ1n) is 11.0. The molecule has 4 aliphatic rings. The van der Waals surface area contributed by atoms with E-state index in [0.29, 0.717) is 0 Å². The van der Waals surface area contributed by atoms with Gasteiger partial charge >= 0.3 is 0 Å². The van der Waals surface area contributed by atoms with Crippen LogP contribution in [-0.2, 0) is 12.1 Å². The molecule has 3 fully saturated rings. The summed E-state index contributed by atoms with van der Waals surface area (Å²) in [5, 5.41) is 0. The first-order chi connectivity index (χ1) is 12.4. The first kappa shape index (κ1) is 16.3. The molecule has 5 rings (SSSR count). The Bertz CT molecular complexity index is 572. The van der Waals surface area contributed by atoms with Crippen LogP contribution in [0.5, 0.6) is 0 Å². The lowest BCUT2D eigenvalue weighted by Crippen LogP contribution is -2.71. The minimum absolute atomic E-state index is 0.249. The highest BCUT2D eigenvalue weighted by atomic mass is 15.5. The zero-order valence-electron chi connectivity index (χ0n) is 15.8. The second-order valence-electron chi connectivity index (χ2n) is 8.97. The normalized spacial score (nSPS) is 28.6. The molecule has 0 N–H and O–H groups in total. The molecule has 0 atom stereocenters. The summed E-state index contributed by atoms with van der Waals surface area (Å²) >= 11 is 0. The monoisotopic (exact) mass is 338 g/mol. The molecule has 136 valence electrons. The van der Waals surface area contributed by atoms with E-state index in [1.807, 2.05) is 0 Å². The van der Waals surface area contributed by atoms with Crippen LogP contribution >= 0.6 is 0 Å². The van der Waals surface area contributed by atoms with E-state index < -0.39 is 0 Å². The molecule has 1 spiro atoms. The third kappa shape index (κ3) is 2.59. The summed E-state index contributed by atoms with van der Waals surface area (Å²) in [5.41, 5.74) is 3.52. The summed E-state index contributed by atoms with van der Waals surface area (Å²) in [6.07, 6.45) is 17.1. The molecule has 1 aromatic rings. The third-order valence-corrected chi connectivity index (χ3v) is 7.66. The Morgan fingerprint density at radius 2 is 1.24 bits per heavy atom. The summed E-state index contributed by atoms with van der Waals surface area (Å²) in [4.78, 5) is 5.99. The maximum absolute atomic E-state index is 2.99. The highest BCUT2D eigenvalue weighted by Gasteiger charge is 2.56. The van der Waals surface area contributed by atoms with Crippen molar-refractivity contribution in [2.75, 3.05) is 13.1 Å². The minimum Gasteiger partial charge on any atom is -0.278 e. The van der Waals surface area contributed by atoms with Gasteiger partial charge in [0.1, 0.15) is 5.66 Å². The molecule has 2 nitrogen and oxygen atoms in total. The Hall–Kier alpha value is -0.860. The smallest absolute Gasteiger partial charge is 0.105 e. The van der Waals surface area contributed by atoms with E-state index in [-0.39, 0.29) is 5.66 Å². The van der Waals surface area contributed by atoms with Crippen LogP contribution < -0.4 is 0 Å². The number of hydrogen-bond donors (Lipinski definition) is 0. The predicted molar refractivity (Wildman–Crippen MR) is 104 cm³/mol. The van der Waals surface area contributed by atoms with Crippen LogP contribution in [0.2, 0.25) is 0 Å². The fourth-order valence-corrected chi connectivity index (χ4v) is 6.53. The number of hydrogen-bond acceptors (Lipinski definition) is 2. The summed E-state index contributed by atoms with van der Waals surface area (Å²) in [6, 6.07) is 11.0. The molecule has 1 aromatic carbocycles. The lowest BCUT2D eigenvalue weighted by molar-refractivity contribution is -0.161. The fraction of sp³-hybridized carbons (Fsp3) is 0.739. The molecule has 25 heavy (non-hydrogen) atoms. The van der Waals surface area contributed by atoms with Gasteiger partial charge in [-0.3, -0.25) is 9.80 Å². The second-order valence-corrected chi connectivity index (χ2v) is 8.97. The van der Waals surface area contributed by atoms with Crippen molar-refractivity contribution in [3.05, 3.63) is 35.4 Å². The molecule has 0 radical (unpaired) electrons. The second kappa shape index (κ2) is 6.70. The largest absolute Gasteiger partial charge is 0.278 e. The van der Waals surface area contributed by atoms with Gasteiger partial charge in [-0.25, -0.2) is 0 Å². The van der Waals surface area contributed by atoms with Crippen molar-refractivity contribution in [1.82, 2.24) is 9.80 Å². The molecule has 1 saturated heterocycles. The summed E-state index contributed by atoms with van der Waals surface area (Å²) < 4.78 is 0. The van der Waals surface area contributed by atoms with E-state index in [1.54, 1.807) is 11.1 Å². The molecular weight excluding hydrogens is 304 g/mol. The maximum Gasteiger partial charge on any atom is 0.105 e. The van der Waals surface area contributed by atoms with Gasteiger partial charge in [-0.05, 0) is 43.2 Å². The van der Waals surface area contributed by atoms with Crippen LogP contribution in [0, 0.1) is 0 Å². The Morgan fingerprint density at radius 1 is 0.680 bits per heavy atom. The molecule has 3 aliphatic carbocycles. The maximum atomic E-state index is 2.99. The average Bonchev–Trinajstić information content (AvgIpc) is 2.68. The van der Waals surface area contributed by atoms with Crippen LogP contribution in [0.25, 0.3) is 0 Å².